The molecule has 2 rings (SSSR count). The molecule has 1 atom stereocenters. The van der Waals surface area contributed by atoms with Gasteiger partial charge in [0, 0.05) is 20.8 Å². The molecule has 0 saturated heterocycles. The number of thioether (sulfide) groups is 1. The number of aromatic amines is 1. The highest BCUT2D eigenvalue weighted by atomic mass is 35.5. The minimum atomic E-state index is -0.487. The average molecular weight is 242 g/mol. The van der Waals surface area contributed by atoms with Gasteiger partial charge in [-0.15, -0.1) is 11.8 Å². The molecule has 1 heterocycles. The van der Waals surface area contributed by atoms with E-state index in [2.05, 4.69) is 4.98 Å². The first-order chi connectivity index (χ1) is 7.13. The summed E-state index contributed by atoms with van der Waals surface area (Å²) < 4.78 is 0. The molecule has 4 heteroatoms. The molecule has 0 radical (unpaired) electrons. The summed E-state index contributed by atoms with van der Waals surface area (Å²) in [6.45, 7) is 1.76. The van der Waals surface area contributed by atoms with E-state index >= 15 is 0 Å². The van der Waals surface area contributed by atoms with E-state index in [9.17, 15) is 5.11 Å². The molecule has 1 unspecified atom stereocenters. The molecule has 1 aromatic carbocycles. The fraction of sp³-hybridized carbons (Fsp3) is 0.273. The van der Waals surface area contributed by atoms with Crippen LogP contribution in [-0.2, 0) is 0 Å². The Morgan fingerprint density at radius 1 is 1.47 bits per heavy atom. The molecule has 0 amide bonds. The average Bonchev–Trinajstić information content (AvgIpc) is 2.55. The van der Waals surface area contributed by atoms with Gasteiger partial charge in [-0.05, 0) is 31.4 Å². The van der Waals surface area contributed by atoms with E-state index in [0.717, 1.165) is 21.5 Å². The van der Waals surface area contributed by atoms with Crippen molar-refractivity contribution in [2.24, 2.45) is 0 Å². The minimum Gasteiger partial charge on any atom is -0.387 e. The maximum absolute atomic E-state index is 9.63. The molecule has 0 aliphatic rings. The van der Waals surface area contributed by atoms with Gasteiger partial charge in [0.25, 0.3) is 0 Å². The van der Waals surface area contributed by atoms with Crippen LogP contribution in [0.3, 0.4) is 0 Å². The van der Waals surface area contributed by atoms with Crippen molar-refractivity contribution >= 4 is 34.3 Å². The van der Waals surface area contributed by atoms with Gasteiger partial charge in [0.1, 0.15) is 0 Å². The zero-order chi connectivity index (χ0) is 11.0. The SMILES string of the molecule is CSc1c(C(C)O)[nH]c2ccc(Cl)cc12. The number of aliphatic hydroxyl groups excluding tert-OH is 1. The van der Waals surface area contributed by atoms with Crippen LogP contribution in [0, 0.1) is 0 Å². The van der Waals surface area contributed by atoms with Crippen molar-refractivity contribution in [3.05, 3.63) is 28.9 Å². The van der Waals surface area contributed by atoms with Crippen LogP contribution < -0.4 is 0 Å². The lowest BCUT2D eigenvalue weighted by atomic mass is 10.2. The predicted molar refractivity (Wildman–Crippen MR) is 65.7 cm³/mol. The summed E-state index contributed by atoms with van der Waals surface area (Å²) in [4.78, 5) is 4.28. The van der Waals surface area contributed by atoms with Crippen LogP contribution in [0.5, 0.6) is 0 Å². The largest absolute Gasteiger partial charge is 0.387 e. The van der Waals surface area contributed by atoms with E-state index in [-0.39, 0.29) is 0 Å². The fourth-order valence-electron chi connectivity index (χ4n) is 1.67. The van der Waals surface area contributed by atoms with Crippen molar-refractivity contribution in [2.75, 3.05) is 6.26 Å². The highest BCUT2D eigenvalue weighted by Crippen LogP contribution is 2.34. The molecule has 0 bridgehead atoms. The van der Waals surface area contributed by atoms with E-state index in [1.165, 1.54) is 0 Å². The number of nitrogens with one attached hydrogen (secondary N) is 1. The monoisotopic (exact) mass is 241 g/mol. The summed E-state index contributed by atoms with van der Waals surface area (Å²) in [5, 5.41) is 11.4. The van der Waals surface area contributed by atoms with Crippen LogP contribution in [0.4, 0.5) is 0 Å². The third-order valence-electron chi connectivity index (χ3n) is 2.36. The highest BCUT2D eigenvalue weighted by Gasteiger charge is 2.14. The van der Waals surface area contributed by atoms with Gasteiger partial charge < -0.3 is 10.1 Å². The highest BCUT2D eigenvalue weighted by molar-refractivity contribution is 7.98. The molecule has 0 saturated carbocycles. The lowest BCUT2D eigenvalue weighted by molar-refractivity contribution is 0.192. The van der Waals surface area contributed by atoms with Crippen molar-refractivity contribution < 1.29 is 5.11 Å². The molecule has 1 aromatic heterocycles. The zero-order valence-corrected chi connectivity index (χ0v) is 10.1. The first kappa shape index (κ1) is 10.9. The molecule has 0 aliphatic heterocycles. The molecular weight excluding hydrogens is 230 g/mol. The maximum Gasteiger partial charge on any atom is 0.0921 e. The van der Waals surface area contributed by atoms with Gasteiger partial charge in [-0.25, -0.2) is 0 Å². The number of hydrogen-bond donors (Lipinski definition) is 2. The van der Waals surface area contributed by atoms with E-state index in [1.54, 1.807) is 18.7 Å². The molecule has 2 aromatic rings. The van der Waals surface area contributed by atoms with Crippen molar-refractivity contribution in [2.45, 2.75) is 17.9 Å². The minimum absolute atomic E-state index is 0.487. The second-order valence-electron chi connectivity index (χ2n) is 3.44. The summed E-state index contributed by atoms with van der Waals surface area (Å²) >= 11 is 7.57. The standard InChI is InChI=1S/C11H12ClNOS/c1-6(14)10-11(15-2)8-5-7(12)3-4-9(8)13-10/h3-6,13-14H,1-2H3. The van der Waals surface area contributed by atoms with Crippen LogP contribution in [-0.4, -0.2) is 16.3 Å². The van der Waals surface area contributed by atoms with Gasteiger partial charge in [-0.2, -0.15) is 0 Å². The topological polar surface area (TPSA) is 36.0 Å². The van der Waals surface area contributed by atoms with Crippen molar-refractivity contribution in [3.8, 4) is 0 Å². The number of fused-ring (bicyclic) bond motifs is 1. The smallest absolute Gasteiger partial charge is 0.0921 e. The van der Waals surface area contributed by atoms with E-state index < -0.39 is 6.10 Å². The van der Waals surface area contributed by atoms with Gasteiger partial charge in [0.05, 0.1) is 11.8 Å². The van der Waals surface area contributed by atoms with Crippen LogP contribution in [0.1, 0.15) is 18.7 Å². The Hall–Kier alpha value is -0.640. The second-order valence-corrected chi connectivity index (χ2v) is 4.69. The van der Waals surface area contributed by atoms with E-state index in [4.69, 9.17) is 11.6 Å². The molecule has 2 N–H and O–H groups in total. The number of aliphatic hydroxyl groups is 1. The maximum atomic E-state index is 9.63. The number of halogens is 1. The normalized spacial score (nSPS) is 13.3. The van der Waals surface area contributed by atoms with Gasteiger partial charge in [0.2, 0.25) is 0 Å². The molecule has 15 heavy (non-hydrogen) atoms. The molecule has 0 fully saturated rings. The number of hydrogen-bond acceptors (Lipinski definition) is 2. The first-order valence-corrected chi connectivity index (χ1v) is 6.27. The lowest BCUT2D eigenvalue weighted by Crippen LogP contribution is -1.92. The Morgan fingerprint density at radius 3 is 2.80 bits per heavy atom. The third-order valence-corrected chi connectivity index (χ3v) is 3.45. The van der Waals surface area contributed by atoms with Gasteiger partial charge >= 0.3 is 0 Å². The predicted octanol–water partition coefficient (Wildman–Crippen LogP) is 3.60. The summed E-state index contributed by atoms with van der Waals surface area (Å²) in [5.74, 6) is 0. The molecule has 2 nitrogen and oxygen atoms in total. The van der Waals surface area contributed by atoms with Gasteiger partial charge in [-0.1, -0.05) is 11.6 Å². The molecule has 0 aliphatic carbocycles. The van der Waals surface area contributed by atoms with Crippen molar-refractivity contribution in [3.63, 3.8) is 0 Å². The number of aromatic nitrogens is 1. The Bertz CT molecular complexity index is 493. The fourth-order valence-corrected chi connectivity index (χ4v) is 2.68. The summed E-state index contributed by atoms with van der Waals surface area (Å²) in [5.41, 5.74) is 1.87. The molecule has 0 spiro atoms. The van der Waals surface area contributed by atoms with Gasteiger partial charge in [0.15, 0.2) is 0 Å². The quantitative estimate of drug-likeness (QED) is 0.789. The second kappa shape index (κ2) is 4.08. The number of benzene rings is 1. The number of H-pyrrole nitrogens is 1. The Morgan fingerprint density at radius 2 is 2.20 bits per heavy atom. The third kappa shape index (κ3) is 1.87. The summed E-state index contributed by atoms with van der Waals surface area (Å²) in [6.07, 6.45) is 1.51. The lowest BCUT2D eigenvalue weighted by Gasteiger charge is -2.03. The molecule has 80 valence electrons. The first-order valence-electron chi connectivity index (χ1n) is 4.66. The zero-order valence-electron chi connectivity index (χ0n) is 8.54. The molecular formula is C11H12ClNOS. The summed E-state index contributed by atoms with van der Waals surface area (Å²) in [6, 6.07) is 5.70. The Kier molecular flexibility index (Phi) is 2.96. The number of rotatable bonds is 2. The van der Waals surface area contributed by atoms with Crippen LogP contribution >= 0.6 is 23.4 Å². The Labute approximate surface area is 97.6 Å². The van der Waals surface area contributed by atoms with Crippen LogP contribution in [0.2, 0.25) is 5.02 Å². The van der Waals surface area contributed by atoms with Crippen molar-refractivity contribution in [1.29, 1.82) is 0 Å². The van der Waals surface area contributed by atoms with E-state index in [1.807, 2.05) is 24.5 Å². The van der Waals surface area contributed by atoms with Gasteiger partial charge in [-0.3, -0.25) is 0 Å². The van der Waals surface area contributed by atoms with Crippen LogP contribution in [0.15, 0.2) is 23.1 Å². The van der Waals surface area contributed by atoms with E-state index in [0.29, 0.717) is 5.02 Å². The Balaban J connectivity index is 2.74. The van der Waals surface area contributed by atoms with Crippen molar-refractivity contribution in [1.82, 2.24) is 4.98 Å². The summed E-state index contributed by atoms with van der Waals surface area (Å²) in [7, 11) is 0. The van der Waals surface area contributed by atoms with Crippen LogP contribution in [0.25, 0.3) is 10.9 Å².